The van der Waals surface area contributed by atoms with Crippen LogP contribution in [0.4, 0.5) is 4.39 Å². The second-order valence-electron chi connectivity index (χ2n) is 5.42. The van der Waals surface area contributed by atoms with Gasteiger partial charge in [0.05, 0.1) is 5.69 Å². The molecule has 20 heavy (non-hydrogen) atoms. The maximum absolute atomic E-state index is 13.5. The number of aryl methyl sites for hydroxylation is 2. The number of hydrogen-bond acceptors (Lipinski definition) is 2. The standard InChI is InChI=1S/C16H17FN2O/c1-10-7-11(9-12(17)8-10)15-18-14-6-4-2-3-5-13(14)16(20)19-15/h7-9H,2-6H2,1H3,(H,18,19,20). The first-order chi connectivity index (χ1) is 9.63. The molecule has 1 heterocycles. The van der Waals surface area contributed by atoms with Gasteiger partial charge in [0.2, 0.25) is 0 Å². The predicted octanol–water partition coefficient (Wildman–Crippen LogP) is 3.15. The third-order valence-corrected chi connectivity index (χ3v) is 3.76. The number of rotatable bonds is 1. The Balaban J connectivity index is 2.13. The van der Waals surface area contributed by atoms with Gasteiger partial charge in [0.15, 0.2) is 0 Å². The lowest BCUT2D eigenvalue weighted by Gasteiger charge is -2.08. The first kappa shape index (κ1) is 13.0. The van der Waals surface area contributed by atoms with Crippen molar-refractivity contribution in [1.29, 1.82) is 0 Å². The third-order valence-electron chi connectivity index (χ3n) is 3.76. The van der Waals surface area contributed by atoms with Crippen LogP contribution < -0.4 is 5.56 Å². The van der Waals surface area contributed by atoms with E-state index in [0.717, 1.165) is 48.9 Å². The van der Waals surface area contributed by atoms with Crippen molar-refractivity contribution < 1.29 is 4.39 Å². The Morgan fingerprint density at radius 2 is 1.95 bits per heavy atom. The molecule has 1 aliphatic carbocycles. The van der Waals surface area contributed by atoms with Crippen LogP contribution in [0, 0.1) is 12.7 Å². The molecule has 0 atom stereocenters. The number of aromatic amines is 1. The molecule has 104 valence electrons. The summed E-state index contributed by atoms with van der Waals surface area (Å²) in [6.07, 6.45) is 4.85. The van der Waals surface area contributed by atoms with E-state index in [2.05, 4.69) is 9.97 Å². The molecule has 0 unspecified atom stereocenters. The van der Waals surface area contributed by atoms with Crippen LogP contribution in [-0.4, -0.2) is 9.97 Å². The van der Waals surface area contributed by atoms with Gasteiger partial charge in [0, 0.05) is 11.1 Å². The zero-order valence-corrected chi connectivity index (χ0v) is 11.5. The molecule has 4 heteroatoms. The van der Waals surface area contributed by atoms with Gasteiger partial charge in [-0.15, -0.1) is 0 Å². The van der Waals surface area contributed by atoms with Crippen molar-refractivity contribution in [3.05, 3.63) is 51.2 Å². The van der Waals surface area contributed by atoms with E-state index in [1.807, 2.05) is 13.0 Å². The smallest absolute Gasteiger partial charge is 0.254 e. The minimum absolute atomic E-state index is 0.0752. The summed E-state index contributed by atoms with van der Waals surface area (Å²) in [5.41, 5.74) is 3.06. The van der Waals surface area contributed by atoms with Crippen molar-refractivity contribution in [1.82, 2.24) is 9.97 Å². The van der Waals surface area contributed by atoms with Crippen molar-refractivity contribution in [3.63, 3.8) is 0 Å². The van der Waals surface area contributed by atoms with Crippen LogP contribution in [0.1, 0.15) is 36.1 Å². The van der Waals surface area contributed by atoms with Gasteiger partial charge in [0.25, 0.3) is 5.56 Å². The number of halogens is 1. The summed E-state index contributed by atoms with van der Waals surface area (Å²) >= 11 is 0. The Morgan fingerprint density at radius 3 is 2.75 bits per heavy atom. The van der Waals surface area contributed by atoms with E-state index in [-0.39, 0.29) is 11.4 Å². The zero-order valence-electron chi connectivity index (χ0n) is 11.5. The highest BCUT2D eigenvalue weighted by molar-refractivity contribution is 5.56. The number of hydrogen-bond donors (Lipinski definition) is 1. The van der Waals surface area contributed by atoms with Crippen LogP contribution in [0.3, 0.4) is 0 Å². The molecule has 0 aliphatic heterocycles. The second-order valence-corrected chi connectivity index (χ2v) is 5.42. The maximum Gasteiger partial charge on any atom is 0.254 e. The van der Waals surface area contributed by atoms with Crippen LogP contribution in [-0.2, 0) is 12.8 Å². The molecule has 0 saturated heterocycles. The van der Waals surface area contributed by atoms with Gasteiger partial charge >= 0.3 is 0 Å². The van der Waals surface area contributed by atoms with Gasteiger partial charge < -0.3 is 4.98 Å². The van der Waals surface area contributed by atoms with Crippen LogP contribution in [0.2, 0.25) is 0 Å². The van der Waals surface area contributed by atoms with Gasteiger partial charge in [-0.25, -0.2) is 9.37 Å². The molecule has 0 radical (unpaired) electrons. The second kappa shape index (κ2) is 5.19. The van der Waals surface area contributed by atoms with Crippen molar-refractivity contribution in [2.24, 2.45) is 0 Å². The molecular weight excluding hydrogens is 255 g/mol. The topological polar surface area (TPSA) is 45.8 Å². The number of fused-ring (bicyclic) bond motifs is 1. The molecule has 0 bridgehead atoms. The molecule has 1 aromatic heterocycles. The zero-order chi connectivity index (χ0) is 14.1. The quantitative estimate of drug-likeness (QED) is 0.810. The van der Waals surface area contributed by atoms with Gasteiger partial charge in [-0.3, -0.25) is 4.79 Å². The molecule has 3 rings (SSSR count). The molecular formula is C16H17FN2O. The average molecular weight is 272 g/mol. The van der Waals surface area contributed by atoms with Gasteiger partial charge in [-0.2, -0.15) is 0 Å². The Morgan fingerprint density at radius 1 is 1.15 bits per heavy atom. The van der Waals surface area contributed by atoms with Crippen LogP contribution >= 0.6 is 0 Å². The number of H-pyrrole nitrogens is 1. The minimum atomic E-state index is -0.308. The van der Waals surface area contributed by atoms with E-state index in [4.69, 9.17) is 0 Å². The fraction of sp³-hybridized carbons (Fsp3) is 0.375. The van der Waals surface area contributed by atoms with E-state index < -0.39 is 0 Å². The Kier molecular flexibility index (Phi) is 3.38. The molecule has 2 aromatic rings. The van der Waals surface area contributed by atoms with E-state index in [1.54, 1.807) is 0 Å². The van der Waals surface area contributed by atoms with Crippen molar-refractivity contribution >= 4 is 0 Å². The van der Waals surface area contributed by atoms with Crippen molar-refractivity contribution in [2.45, 2.75) is 39.0 Å². The lowest BCUT2D eigenvalue weighted by Crippen LogP contribution is -2.18. The minimum Gasteiger partial charge on any atom is -0.306 e. The summed E-state index contributed by atoms with van der Waals surface area (Å²) in [5, 5.41) is 0. The summed E-state index contributed by atoms with van der Waals surface area (Å²) in [5.74, 6) is 0.163. The van der Waals surface area contributed by atoms with Crippen LogP contribution in [0.25, 0.3) is 11.4 Å². The highest BCUT2D eigenvalue weighted by Crippen LogP contribution is 2.21. The SMILES string of the molecule is Cc1cc(F)cc(-c2nc3c(c(=O)[nH]2)CCCCC3)c1. The van der Waals surface area contributed by atoms with Crippen molar-refractivity contribution in [3.8, 4) is 11.4 Å². The number of nitrogens with zero attached hydrogens (tertiary/aromatic N) is 1. The van der Waals surface area contributed by atoms with Crippen LogP contribution in [0.5, 0.6) is 0 Å². The monoisotopic (exact) mass is 272 g/mol. The maximum atomic E-state index is 13.5. The molecule has 3 nitrogen and oxygen atoms in total. The highest BCUT2D eigenvalue weighted by atomic mass is 19.1. The van der Waals surface area contributed by atoms with Gasteiger partial charge in [-0.05, 0) is 56.4 Å². The Bertz CT molecular complexity index is 686. The summed E-state index contributed by atoms with van der Waals surface area (Å²) < 4.78 is 13.5. The van der Waals surface area contributed by atoms with Gasteiger partial charge in [-0.1, -0.05) is 6.42 Å². The number of aromatic nitrogens is 2. The van der Waals surface area contributed by atoms with E-state index in [9.17, 15) is 9.18 Å². The fourth-order valence-electron chi connectivity index (χ4n) is 2.79. The molecule has 1 N–H and O–H groups in total. The first-order valence-electron chi connectivity index (χ1n) is 7.03. The summed E-state index contributed by atoms with van der Waals surface area (Å²) in [6.45, 7) is 1.83. The summed E-state index contributed by atoms with van der Waals surface area (Å²) in [7, 11) is 0. The van der Waals surface area contributed by atoms with E-state index in [0.29, 0.717) is 11.4 Å². The lowest BCUT2D eigenvalue weighted by molar-refractivity contribution is 0.627. The summed E-state index contributed by atoms with van der Waals surface area (Å²) in [6, 6.07) is 4.71. The largest absolute Gasteiger partial charge is 0.306 e. The molecule has 1 aliphatic rings. The Hall–Kier alpha value is -1.97. The lowest BCUT2D eigenvalue weighted by atomic mass is 10.1. The average Bonchev–Trinajstić information content (AvgIpc) is 2.63. The fourth-order valence-corrected chi connectivity index (χ4v) is 2.79. The molecule has 0 saturated carbocycles. The molecule has 0 spiro atoms. The molecule has 0 fully saturated rings. The van der Waals surface area contributed by atoms with Gasteiger partial charge in [0.1, 0.15) is 11.6 Å². The molecule has 0 amide bonds. The number of benzene rings is 1. The Labute approximate surface area is 116 Å². The highest BCUT2D eigenvalue weighted by Gasteiger charge is 2.15. The summed E-state index contributed by atoms with van der Waals surface area (Å²) in [4.78, 5) is 19.6. The van der Waals surface area contributed by atoms with Crippen LogP contribution in [0.15, 0.2) is 23.0 Å². The normalized spacial score (nSPS) is 14.7. The molecule has 1 aromatic carbocycles. The first-order valence-corrected chi connectivity index (χ1v) is 7.03. The number of nitrogens with one attached hydrogen (secondary N) is 1. The van der Waals surface area contributed by atoms with E-state index >= 15 is 0 Å². The van der Waals surface area contributed by atoms with E-state index in [1.165, 1.54) is 12.1 Å². The van der Waals surface area contributed by atoms with Crippen molar-refractivity contribution in [2.75, 3.05) is 0 Å². The predicted molar refractivity (Wildman–Crippen MR) is 76.2 cm³/mol. The third kappa shape index (κ3) is 2.50.